The summed E-state index contributed by atoms with van der Waals surface area (Å²) < 4.78 is 5.88. The zero-order valence-corrected chi connectivity index (χ0v) is 24.1. The number of amides is 4. The zero-order valence-electron chi connectivity index (χ0n) is 23.3. The lowest BCUT2D eigenvalue weighted by molar-refractivity contribution is -0.132. The molecule has 9 nitrogen and oxygen atoms in total. The van der Waals surface area contributed by atoms with E-state index in [9.17, 15) is 14.4 Å². The van der Waals surface area contributed by atoms with Gasteiger partial charge in [-0.3, -0.25) is 14.9 Å². The van der Waals surface area contributed by atoms with E-state index in [0.29, 0.717) is 40.7 Å². The van der Waals surface area contributed by atoms with Crippen molar-refractivity contribution in [2.45, 2.75) is 39.2 Å². The normalized spacial score (nSPS) is 20.0. The highest BCUT2D eigenvalue weighted by atomic mass is 32.1. The molecule has 4 heterocycles. The maximum Gasteiger partial charge on any atom is 0.431 e. The molecule has 2 aliphatic heterocycles. The van der Waals surface area contributed by atoms with Gasteiger partial charge in [0.15, 0.2) is 5.69 Å². The number of thiophene rings is 1. The number of likely N-dealkylation sites (tertiary alicyclic amines) is 1. The number of anilines is 1. The SMILES string of the molecule is CCC(=O)N1CCC[C@@H](NC(=O)c2sc3nccc4c3c2NC(=O)[N+]4(C)c2ccc(Oc3ccccc3)cc2C)C1. The Bertz CT molecular complexity index is 1670. The van der Waals surface area contributed by atoms with E-state index in [1.54, 1.807) is 6.20 Å². The van der Waals surface area contributed by atoms with Gasteiger partial charge in [0.2, 0.25) is 5.91 Å². The van der Waals surface area contributed by atoms with Crippen LogP contribution in [0.4, 0.5) is 21.9 Å². The van der Waals surface area contributed by atoms with Crippen molar-refractivity contribution in [3.8, 4) is 11.5 Å². The number of hydrogen-bond donors (Lipinski definition) is 2. The first-order valence-corrected chi connectivity index (χ1v) is 14.6. The van der Waals surface area contributed by atoms with Crippen LogP contribution >= 0.6 is 11.3 Å². The van der Waals surface area contributed by atoms with Crippen molar-refractivity contribution in [2.75, 3.05) is 25.5 Å². The lowest BCUT2D eigenvalue weighted by Crippen LogP contribution is -2.51. The number of urea groups is 1. The van der Waals surface area contributed by atoms with E-state index in [4.69, 9.17) is 4.74 Å². The summed E-state index contributed by atoms with van der Waals surface area (Å²) in [6.07, 6.45) is 3.77. The smallest absolute Gasteiger partial charge is 0.431 e. The fraction of sp³-hybridized carbons (Fsp3) is 0.290. The second kappa shape index (κ2) is 10.6. The number of carbonyl (C=O) groups excluding carboxylic acids is 3. The van der Waals surface area contributed by atoms with Gasteiger partial charge in [0.1, 0.15) is 26.9 Å². The maximum atomic E-state index is 13.9. The third-order valence-corrected chi connectivity index (χ3v) is 9.03. The van der Waals surface area contributed by atoms with Crippen molar-refractivity contribution in [3.63, 3.8) is 0 Å². The van der Waals surface area contributed by atoms with Crippen LogP contribution in [0.1, 0.15) is 41.4 Å². The number of quaternary nitrogens is 1. The average Bonchev–Trinajstić information content (AvgIpc) is 3.35. The highest BCUT2D eigenvalue weighted by molar-refractivity contribution is 7.21. The summed E-state index contributed by atoms with van der Waals surface area (Å²) >= 11 is 1.27. The van der Waals surface area contributed by atoms with Crippen molar-refractivity contribution in [1.82, 2.24) is 19.7 Å². The Labute approximate surface area is 242 Å². The van der Waals surface area contributed by atoms with Crippen molar-refractivity contribution >= 4 is 56.5 Å². The molecule has 0 aliphatic carbocycles. The zero-order chi connectivity index (χ0) is 28.7. The van der Waals surface area contributed by atoms with E-state index in [2.05, 4.69) is 15.6 Å². The lowest BCUT2D eigenvalue weighted by Gasteiger charge is -2.35. The summed E-state index contributed by atoms with van der Waals surface area (Å²) in [6.45, 7) is 5.01. The minimum absolute atomic E-state index is 0.0917. The fourth-order valence-corrected chi connectivity index (χ4v) is 6.86. The number of pyridine rings is 1. The first-order valence-electron chi connectivity index (χ1n) is 13.8. The number of aromatic nitrogens is 1. The number of piperidine rings is 1. The molecule has 2 N–H and O–H groups in total. The van der Waals surface area contributed by atoms with Crippen molar-refractivity contribution in [1.29, 1.82) is 0 Å². The topological polar surface area (TPSA) is 101 Å². The molecule has 41 heavy (non-hydrogen) atoms. The Kier molecular flexibility index (Phi) is 6.96. The number of hydrogen-bond acceptors (Lipinski definition) is 6. The summed E-state index contributed by atoms with van der Waals surface area (Å²) in [7, 11) is 1.85. The van der Waals surface area contributed by atoms with E-state index >= 15 is 0 Å². The monoisotopic (exact) mass is 570 g/mol. The number of benzene rings is 2. The van der Waals surface area contributed by atoms with Gasteiger partial charge in [0.05, 0.1) is 18.1 Å². The summed E-state index contributed by atoms with van der Waals surface area (Å²) in [6, 6.07) is 16.7. The quantitative estimate of drug-likeness (QED) is 0.264. The Morgan fingerprint density at radius 1 is 1.15 bits per heavy atom. The van der Waals surface area contributed by atoms with Crippen molar-refractivity contribution < 1.29 is 19.1 Å². The van der Waals surface area contributed by atoms with Gasteiger partial charge in [0, 0.05) is 49.4 Å². The lowest BCUT2D eigenvalue weighted by atomic mass is 10.0. The van der Waals surface area contributed by atoms with Crippen molar-refractivity contribution in [2.24, 2.45) is 0 Å². The predicted molar refractivity (Wildman–Crippen MR) is 161 cm³/mol. The third kappa shape index (κ3) is 4.72. The van der Waals surface area contributed by atoms with Gasteiger partial charge >= 0.3 is 6.03 Å². The highest BCUT2D eigenvalue weighted by Crippen LogP contribution is 2.49. The van der Waals surface area contributed by atoms with E-state index < -0.39 is 0 Å². The maximum absolute atomic E-state index is 13.9. The molecule has 4 amide bonds. The van der Waals surface area contributed by atoms with Crippen LogP contribution < -0.4 is 19.9 Å². The molecular formula is C31H32N5O4S+. The number of nitrogens with zero attached hydrogens (tertiary/aromatic N) is 3. The van der Waals surface area contributed by atoms with Crippen LogP contribution in [-0.2, 0) is 4.79 Å². The summed E-state index contributed by atoms with van der Waals surface area (Å²) in [4.78, 5) is 47.1. The highest BCUT2D eigenvalue weighted by Gasteiger charge is 2.46. The van der Waals surface area contributed by atoms with E-state index in [0.717, 1.165) is 40.9 Å². The van der Waals surface area contributed by atoms with Gasteiger partial charge in [0.25, 0.3) is 5.91 Å². The Morgan fingerprint density at radius 3 is 2.71 bits per heavy atom. The first-order chi connectivity index (χ1) is 19.8. The van der Waals surface area contributed by atoms with Gasteiger partial charge in [-0.25, -0.2) is 9.78 Å². The molecular weight excluding hydrogens is 538 g/mol. The van der Waals surface area contributed by atoms with Gasteiger partial charge in [-0.2, -0.15) is 4.48 Å². The molecule has 0 spiro atoms. The summed E-state index contributed by atoms with van der Waals surface area (Å²) in [5.41, 5.74) is 2.92. The number of rotatable bonds is 6. The second-order valence-electron chi connectivity index (χ2n) is 10.6. The Morgan fingerprint density at radius 2 is 1.95 bits per heavy atom. The van der Waals surface area contributed by atoms with Crippen LogP contribution in [0.5, 0.6) is 11.5 Å². The van der Waals surface area contributed by atoms with Crippen LogP contribution in [-0.4, -0.2) is 53.9 Å². The van der Waals surface area contributed by atoms with Crippen molar-refractivity contribution in [3.05, 3.63) is 71.2 Å². The van der Waals surface area contributed by atoms with Gasteiger partial charge in [-0.05, 0) is 44.0 Å². The average molecular weight is 571 g/mol. The molecule has 6 rings (SSSR count). The Balaban J connectivity index is 1.33. The van der Waals surface area contributed by atoms with E-state index in [1.165, 1.54) is 11.3 Å². The first kappa shape index (κ1) is 26.9. The second-order valence-corrected chi connectivity index (χ2v) is 11.6. The number of para-hydroxylation sites is 1. The van der Waals surface area contributed by atoms with Crippen LogP contribution in [0.25, 0.3) is 10.2 Å². The minimum Gasteiger partial charge on any atom is -0.457 e. The standard InChI is InChI=1S/C31H31N5O4S/c1-4-25(37)35-16-8-9-20(18-35)33-29(38)28-27-26-24(14-15-32-30(26)41-28)36(3,31(39)34-27)23-13-12-22(17-19(23)2)40-21-10-6-5-7-11-21/h5-7,10-15,17,20H,4,8-9,16,18H2,1-3H3,(H-,33,34,38,39)/p+1/t20-,36?/m1/s1. The fourth-order valence-electron chi connectivity index (χ4n) is 5.84. The molecule has 4 aromatic rings. The van der Waals surface area contributed by atoms with E-state index in [-0.39, 0.29) is 28.4 Å². The summed E-state index contributed by atoms with van der Waals surface area (Å²) in [5, 5.41) is 6.91. The molecule has 10 heteroatoms. The molecule has 1 saturated heterocycles. The predicted octanol–water partition coefficient (Wildman–Crippen LogP) is 6.34. The van der Waals surface area contributed by atoms with Gasteiger partial charge in [-0.1, -0.05) is 25.1 Å². The molecule has 210 valence electrons. The van der Waals surface area contributed by atoms with Crippen LogP contribution in [0.2, 0.25) is 0 Å². The molecule has 0 bridgehead atoms. The number of aryl methyl sites for hydroxylation is 1. The number of nitrogens with one attached hydrogen (secondary N) is 2. The molecule has 0 radical (unpaired) electrons. The molecule has 2 atom stereocenters. The van der Waals surface area contributed by atoms with Crippen LogP contribution in [0.15, 0.2) is 60.8 Å². The van der Waals surface area contributed by atoms with Crippen LogP contribution in [0, 0.1) is 6.92 Å². The summed E-state index contributed by atoms with van der Waals surface area (Å²) in [5.74, 6) is 1.24. The molecule has 1 unspecified atom stereocenters. The van der Waals surface area contributed by atoms with Gasteiger partial charge < -0.3 is 15.0 Å². The molecule has 2 aliphatic rings. The molecule has 0 saturated carbocycles. The van der Waals surface area contributed by atoms with E-state index in [1.807, 2.05) is 80.4 Å². The Hall–Kier alpha value is -4.28. The molecule has 2 aromatic carbocycles. The largest absolute Gasteiger partial charge is 0.457 e. The van der Waals surface area contributed by atoms with Gasteiger partial charge in [-0.15, -0.1) is 11.3 Å². The minimum atomic E-state index is -0.269. The van der Waals surface area contributed by atoms with Crippen LogP contribution in [0.3, 0.4) is 0 Å². The number of carbonyl (C=O) groups is 3. The number of ether oxygens (including phenoxy) is 1. The molecule has 2 aromatic heterocycles. The molecule has 1 fully saturated rings. The third-order valence-electron chi connectivity index (χ3n) is 7.94.